The molecule has 0 heterocycles. The first-order valence-electron chi connectivity index (χ1n) is 15.6. The number of ether oxygens (including phenoxy) is 1. The lowest BCUT2D eigenvalue weighted by molar-refractivity contribution is 0.288. The SMILES string of the molecule is C=C(/N=C(\N=C(/N)OCCCCCCCCCCCCCCCCCC)c1ccc(O)cc1O)c1ccc(O)cc1O. The van der Waals surface area contributed by atoms with E-state index in [1.165, 1.54) is 114 Å². The highest BCUT2D eigenvalue weighted by atomic mass is 16.5. The molecule has 0 fully saturated rings. The third-order valence-corrected chi connectivity index (χ3v) is 7.22. The third kappa shape index (κ3) is 13.8. The fourth-order valence-electron chi connectivity index (χ4n) is 4.77. The Morgan fingerprint density at radius 2 is 1.07 bits per heavy atom. The molecule has 2 aromatic rings. The van der Waals surface area contributed by atoms with Crippen molar-refractivity contribution in [3.05, 3.63) is 54.1 Å². The van der Waals surface area contributed by atoms with Crippen LogP contribution in [-0.2, 0) is 4.74 Å². The van der Waals surface area contributed by atoms with E-state index in [0.29, 0.717) is 6.61 Å². The highest BCUT2D eigenvalue weighted by molar-refractivity contribution is 6.08. The van der Waals surface area contributed by atoms with Gasteiger partial charge in [0.05, 0.1) is 17.9 Å². The summed E-state index contributed by atoms with van der Waals surface area (Å²) >= 11 is 0. The topological polar surface area (TPSA) is 141 Å². The van der Waals surface area contributed by atoms with Gasteiger partial charge in [-0.2, -0.15) is 4.99 Å². The number of amidine groups is 2. The van der Waals surface area contributed by atoms with E-state index in [1.807, 2.05) is 0 Å². The largest absolute Gasteiger partial charge is 0.508 e. The minimum Gasteiger partial charge on any atom is -0.508 e. The minimum atomic E-state index is -0.258. The Kier molecular flexibility index (Phi) is 16.6. The van der Waals surface area contributed by atoms with E-state index in [9.17, 15) is 20.4 Å². The standard InChI is InChI=1S/C34H51N3O5/c1-3-4-5-6-7-8-9-10-11-12-13-14-15-16-17-18-23-42-34(35)37-33(30-22-20-28(39)25-32(30)41)36-26(2)29-21-19-27(38)24-31(29)40/h19-22,24-25,38-41H,2-18,23H2,1H3,(H2,35,36,37). The first-order chi connectivity index (χ1) is 20.3. The molecule has 0 spiro atoms. The van der Waals surface area contributed by atoms with E-state index < -0.39 is 0 Å². The van der Waals surface area contributed by atoms with Crippen molar-refractivity contribution in [3.8, 4) is 23.0 Å². The normalized spacial score (nSPS) is 12.0. The molecule has 0 aliphatic carbocycles. The number of aliphatic imine (C=N–C) groups is 2. The van der Waals surface area contributed by atoms with Crippen molar-refractivity contribution in [2.75, 3.05) is 6.61 Å². The molecule has 8 heteroatoms. The molecule has 0 aliphatic rings. The van der Waals surface area contributed by atoms with Crippen LogP contribution < -0.4 is 5.73 Å². The fourth-order valence-corrected chi connectivity index (χ4v) is 4.77. The quantitative estimate of drug-likeness (QED) is 0.0603. The lowest BCUT2D eigenvalue weighted by Gasteiger charge is -2.10. The van der Waals surface area contributed by atoms with E-state index in [-0.39, 0.29) is 51.7 Å². The van der Waals surface area contributed by atoms with Crippen LogP contribution in [-0.4, -0.2) is 38.9 Å². The van der Waals surface area contributed by atoms with Crippen LogP contribution in [0.1, 0.15) is 121 Å². The Hall–Kier alpha value is -3.68. The lowest BCUT2D eigenvalue weighted by atomic mass is 10.0. The molecule has 0 unspecified atom stereocenters. The highest BCUT2D eigenvalue weighted by Crippen LogP contribution is 2.30. The van der Waals surface area contributed by atoms with Crippen LogP contribution >= 0.6 is 0 Å². The van der Waals surface area contributed by atoms with Crippen molar-refractivity contribution >= 4 is 17.6 Å². The summed E-state index contributed by atoms with van der Waals surface area (Å²) in [6.07, 6.45) is 20.6. The van der Waals surface area contributed by atoms with Crippen molar-refractivity contribution in [1.29, 1.82) is 0 Å². The van der Waals surface area contributed by atoms with Gasteiger partial charge in [-0.25, -0.2) is 4.99 Å². The van der Waals surface area contributed by atoms with Gasteiger partial charge in [-0.15, -0.1) is 0 Å². The maximum Gasteiger partial charge on any atom is 0.288 e. The molecule has 0 saturated heterocycles. The second-order valence-corrected chi connectivity index (χ2v) is 10.9. The zero-order valence-electron chi connectivity index (χ0n) is 25.4. The summed E-state index contributed by atoms with van der Waals surface area (Å²) in [5, 5.41) is 39.8. The number of hydrogen-bond acceptors (Lipinski definition) is 6. The van der Waals surface area contributed by atoms with Crippen LogP contribution in [0.4, 0.5) is 0 Å². The molecule has 6 N–H and O–H groups in total. The van der Waals surface area contributed by atoms with E-state index in [0.717, 1.165) is 25.3 Å². The average molecular weight is 582 g/mol. The molecule has 0 radical (unpaired) electrons. The molecule has 0 aromatic heterocycles. The smallest absolute Gasteiger partial charge is 0.288 e. The Bertz CT molecular complexity index is 1150. The number of phenolic OH excluding ortho intramolecular Hbond substituents is 4. The molecule has 2 rings (SSSR count). The molecule has 0 amide bonds. The van der Waals surface area contributed by atoms with Crippen LogP contribution in [0.5, 0.6) is 23.0 Å². The molecular weight excluding hydrogens is 530 g/mol. The summed E-state index contributed by atoms with van der Waals surface area (Å²) in [5.74, 6) is -0.702. The summed E-state index contributed by atoms with van der Waals surface area (Å²) in [4.78, 5) is 8.61. The van der Waals surface area contributed by atoms with Crippen molar-refractivity contribution < 1.29 is 25.2 Å². The van der Waals surface area contributed by atoms with E-state index in [4.69, 9.17) is 10.5 Å². The zero-order valence-corrected chi connectivity index (χ0v) is 25.4. The molecule has 0 atom stereocenters. The number of unbranched alkanes of at least 4 members (excludes halogenated alkanes) is 15. The highest BCUT2D eigenvalue weighted by Gasteiger charge is 2.14. The van der Waals surface area contributed by atoms with E-state index in [2.05, 4.69) is 23.5 Å². The molecular formula is C34H51N3O5. The molecule has 0 bridgehead atoms. The van der Waals surface area contributed by atoms with E-state index in [1.54, 1.807) is 0 Å². The number of hydrogen-bond donors (Lipinski definition) is 5. The summed E-state index contributed by atoms with van der Waals surface area (Å²) in [7, 11) is 0. The second kappa shape index (κ2) is 20.2. The molecule has 8 nitrogen and oxygen atoms in total. The van der Waals surface area contributed by atoms with Crippen LogP contribution in [0.2, 0.25) is 0 Å². The van der Waals surface area contributed by atoms with Gasteiger partial charge in [0.15, 0.2) is 5.84 Å². The second-order valence-electron chi connectivity index (χ2n) is 10.9. The van der Waals surface area contributed by atoms with Gasteiger partial charge in [0.1, 0.15) is 23.0 Å². The first-order valence-corrected chi connectivity index (χ1v) is 15.6. The number of nitrogens with zero attached hydrogens (tertiary/aromatic N) is 2. The Balaban J connectivity index is 1.73. The molecule has 232 valence electrons. The van der Waals surface area contributed by atoms with Gasteiger partial charge in [0, 0.05) is 17.7 Å². The maximum atomic E-state index is 10.4. The summed E-state index contributed by atoms with van der Waals surface area (Å²) in [5.41, 5.74) is 6.62. The van der Waals surface area contributed by atoms with Crippen molar-refractivity contribution in [2.45, 2.75) is 110 Å². The van der Waals surface area contributed by atoms with Crippen LogP contribution in [0, 0.1) is 0 Å². The van der Waals surface area contributed by atoms with E-state index >= 15 is 0 Å². The Labute approximate surface area is 251 Å². The first kappa shape index (κ1) is 34.5. The monoisotopic (exact) mass is 581 g/mol. The fraction of sp³-hybridized carbons (Fsp3) is 0.529. The van der Waals surface area contributed by atoms with Crippen molar-refractivity contribution in [1.82, 2.24) is 0 Å². The summed E-state index contributed by atoms with van der Waals surface area (Å²) < 4.78 is 5.61. The van der Waals surface area contributed by atoms with Gasteiger partial charge in [-0.3, -0.25) is 0 Å². The summed E-state index contributed by atoms with van der Waals surface area (Å²) in [6.45, 7) is 6.54. The van der Waals surface area contributed by atoms with Gasteiger partial charge in [-0.1, -0.05) is 110 Å². The van der Waals surface area contributed by atoms with Crippen molar-refractivity contribution in [2.24, 2.45) is 15.7 Å². The van der Waals surface area contributed by atoms with Crippen molar-refractivity contribution in [3.63, 3.8) is 0 Å². The Morgan fingerprint density at radius 3 is 1.52 bits per heavy atom. The average Bonchev–Trinajstić information content (AvgIpc) is 2.94. The summed E-state index contributed by atoms with van der Waals surface area (Å²) in [6, 6.07) is 7.90. The number of nitrogens with two attached hydrogens (primary N) is 1. The van der Waals surface area contributed by atoms with Crippen LogP contribution in [0.15, 0.2) is 53.0 Å². The van der Waals surface area contributed by atoms with Gasteiger partial charge in [0.2, 0.25) is 0 Å². The van der Waals surface area contributed by atoms with Crippen LogP contribution in [0.25, 0.3) is 5.70 Å². The van der Waals surface area contributed by atoms with Crippen LogP contribution in [0.3, 0.4) is 0 Å². The minimum absolute atomic E-state index is 0.00514. The molecule has 0 saturated carbocycles. The number of benzene rings is 2. The number of rotatable bonds is 20. The van der Waals surface area contributed by atoms with Gasteiger partial charge >= 0.3 is 0 Å². The molecule has 2 aromatic carbocycles. The van der Waals surface area contributed by atoms with Gasteiger partial charge in [0.25, 0.3) is 6.02 Å². The Morgan fingerprint density at radius 1 is 0.643 bits per heavy atom. The lowest BCUT2D eigenvalue weighted by Crippen LogP contribution is -2.19. The zero-order chi connectivity index (χ0) is 30.6. The molecule has 0 aliphatic heterocycles. The predicted molar refractivity (Wildman–Crippen MR) is 172 cm³/mol. The van der Waals surface area contributed by atoms with Gasteiger partial charge < -0.3 is 30.9 Å². The molecule has 42 heavy (non-hydrogen) atoms. The number of aromatic hydroxyl groups is 4. The predicted octanol–water partition coefficient (Wildman–Crippen LogP) is 8.52. The maximum absolute atomic E-state index is 10.4. The third-order valence-electron chi connectivity index (χ3n) is 7.22. The number of phenols is 4. The van der Waals surface area contributed by atoms with Gasteiger partial charge in [-0.05, 0) is 30.7 Å².